The van der Waals surface area contributed by atoms with E-state index in [4.69, 9.17) is 9.05 Å². The largest absolute Gasteiger partial charge is 0.630 e. The van der Waals surface area contributed by atoms with E-state index in [1.807, 2.05) is 0 Å². The van der Waals surface area contributed by atoms with Crippen LogP contribution in [0.2, 0.25) is 0 Å². The fraction of sp³-hybridized carbons (Fsp3) is 0.667. The van der Waals surface area contributed by atoms with Crippen molar-refractivity contribution in [3.05, 3.63) is 12.7 Å². The molecule has 2 rings (SSSR count). The van der Waals surface area contributed by atoms with Crippen molar-refractivity contribution in [3.63, 3.8) is 0 Å². The zero-order valence-electron chi connectivity index (χ0n) is 8.47. The first-order chi connectivity index (χ1) is 7.10. The Labute approximate surface area is 88.6 Å². The van der Waals surface area contributed by atoms with Gasteiger partial charge in [0.15, 0.2) is 0 Å². The minimum absolute atomic E-state index is 0.0133. The molecule has 1 unspecified atom stereocenters. The molecule has 1 heterocycles. The molecule has 0 amide bonds. The third-order valence-electron chi connectivity index (χ3n) is 2.91. The lowest BCUT2D eigenvalue weighted by Crippen LogP contribution is -2.34. The smallest absolute Gasteiger partial charge is 0.355 e. The molecular weight excluding hydrogens is 219 g/mol. The van der Waals surface area contributed by atoms with Gasteiger partial charge in [0.1, 0.15) is 13.2 Å². The van der Waals surface area contributed by atoms with E-state index in [0.717, 1.165) is 0 Å². The fourth-order valence-electron chi connectivity index (χ4n) is 1.99. The summed E-state index contributed by atoms with van der Waals surface area (Å²) in [6.07, 6.45) is 2.01. The van der Waals surface area contributed by atoms with Crippen molar-refractivity contribution < 1.29 is 23.5 Å². The summed E-state index contributed by atoms with van der Waals surface area (Å²) in [5.41, 5.74) is 0. The summed E-state index contributed by atoms with van der Waals surface area (Å²) in [6.45, 7) is 3.88. The number of esters is 1. The molecule has 1 aliphatic heterocycles. The van der Waals surface area contributed by atoms with Gasteiger partial charge >= 0.3 is 5.97 Å². The number of carbonyl (C=O) groups excluding carboxylic acids is 1. The van der Waals surface area contributed by atoms with Crippen LogP contribution in [0, 0.1) is 5.92 Å². The van der Waals surface area contributed by atoms with Gasteiger partial charge in [0, 0.05) is 12.3 Å². The van der Waals surface area contributed by atoms with Gasteiger partial charge in [-0.15, -0.1) is 6.58 Å². The molecule has 84 valence electrons. The average Bonchev–Trinajstić information content (AvgIpc) is 2.93. The van der Waals surface area contributed by atoms with E-state index < -0.39 is 19.1 Å². The minimum Gasteiger partial charge on any atom is -0.630 e. The number of fused-ring (bicyclic) bond motifs is 1. The molecule has 2 aliphatic rings. The van der Waals surface area contributed by atoms with Crippen LogP contribution in [0.15, 0.2) is 12.7 Å². The third kappa shape index (κ3) is 1.35. The molecule has 2 fully saturated rings. The number of rotatable bonds is 4. The molecule has 15 heavy (non-hydrogen) atoms. The molecule has 5 nitrogen and oxygen atoms in total. The van der Waals surface area contributed by atoms with Gasteiger partial charge in [-0.1, -0.05) is 6.08 Å². The number of ether oxygens (including phenoxy) is 1. The Morgan fingerprint density at radius 1 is 1.87 bits per heavy atom. The number of hydrogen-bond donors (Lipinski definition) is 0. The summed E-state index contributed by atoms with van der Waals surface area (Å²) in [5, 5.41) is -1.02. The molecule has 0 bridgehead atoms. The quantitative estimate of drug-likeness (QED) is 0.395. The Morgan fingerprint density at radius 2 is 2.60 bits per heavy atom. The summed E-state index contributed by atoms with van der Waals surface area (Å²) in [6, 6.07) is 0. The van der Waals surface area contributed by atoms with Crippen LogP contribution < -0.4 is 4.89 Å². The van der Waals surface area contributed by atoms with Gasteiger partial charge in [0.25, 0.3) is 7.94 Å². The standard InChI is InChI=1S/C9H13O5P/c1-3-4-13-15(11)9(8(10)12-2)5-7(9)6-14-15/h3,7H,1,4-6H2,2H3/t7-,9-,15?/m1/s1. The highest BCUT2D eigenvalue weighted by Crippen LogP contribution is 2.81. The van der Waals surface area contributed by atoms with Crippen LogP contribution in [0.3, 0.4) is 0 Å². The van der Waals surface area contributed by atoms with E-state index in [2.05, 4.69) is 11.3 Å². The van der Waals surface area contributed by atoms with Crippen LogP contribution in [0.5, 0.6) is 0 Å². The molecule has 6 heteroatoms. The Kier molecular flexibility index (Phi) is 2.59. The van der Waals surface area contributed by atoms with Crippen molar-refractivity contribution in [2.45, 2.75) is 11.6 Å². The van der Waals surface area contributed by atoms with Crippen molar-refractivity contribution in [2.75, 3.05) is 20.3 Å². The lowest BCUT2D eigenvalue weighted by Gasteiger charge is -2.28. The van der Waals surface area contributed by atoms with E-state index in [1.54, 1.807) is 0 Å². The monoisotopic (exact) mass is 232 g/mol. The van der Waals surface area contributed by atoms with E-state index in [-0.39, 0.29) is 12.5 Å². The van der Waals surface area contributed by atoms with Crippen LogP contribution in [0.25, 0.3) is 0 Å². The first-order valence-electron chi connectivity index (χ1n) is 4.69. The zero-order chi connectivity index (χ0) is 11.1. The molecule has 0 spiro atoms. The van der Waals surface area contributed by atoms with Crippen LogP contribution in [0.4, 0.5) is 0 Å². The first kappa shape index (κ1) is 11.0. The Balaban J connectivity index is 2.18. The minimum atomic E-state index is -3.35. The van der Waals surface area contributed by atoms with Crippen molar-refractivity contribution in [1.82, 2.24) is 0 Å². The zero-order valence-corrected chi connectivity index (χ0v) is 9.37. The second-order valence-electron chi connectivity index (χ2n) is 3.69. The van der Waals surface area contributed by atoms with E-state index >= 15 is 0 Å². The van der Waals surface area contributed by atoms with Gasteiger partial charge in [-0.2, -0.15) is 0 Å². The molecule has 0 N–H and O–H groups in total. The second kappa shape index (κ2) is 3.52. The molecule has 1 saturated heterocycles. The molecule has 0 aromatic rings. The lowest BCUT2D eigenvalue weighted by molar-refractivity contribution is -0.219. The molecule has 1 saturated carbocycles. The lowest BCUT2D eigenvalue weighted by atomic mass is 10.3. The molecule has 1 aliphatic carbocycles. The predicted octanol–water partition coefficient (Wildman–Crippen LogP) is 0.274. The summed E-state index contributed by atoms with van der Waals surface area (Å²) in [4.78, 5) is 23.9. The number of hydrogen-bond acceptors (Lipinski definition) is 5. The average molecular weight is 232 g/mol. The van der Waals surface area contributed by atoms with E-state index in [0.29, 0.717) is 13.0 Å². The fourth-order valence-corrected chi connectivity index (χ4v) is 4.49. The van der Waals surface area contributed by atoms with Gasteiger partial charge in [0.05, 0.1) is 7.11 Å². The molecule has 0 radical (unpaired) electrons. The molecule has 3 atom stereocenters. The van der Waals surface area contributed by atoms with Crippen molar-refractivity contribution in [3.8, 4) is 0 Å². The Morgan fingerprint density at radius 3 is 3.13 bits per heavy atom. The summed E-state index contributed by atoms with van der Waals surface area (Å²) < 4.78 is 14.9. The first-order valence-corrected chi connectivity index (χ1v) is 6.23. The van der Waals surface area contributed by atoms with Crippen LogP contribution >= 0.6 is 7.94 Å². The number of carbonyl (C=O) groups is 1. The van der Waals surface area contributed by atoms with Gasteiger partial charge in [-0.05, 0) is 0 Å². The number of methoxy groups -OCH3 is 1. The Bertz CT molecular complexity index is 307. The second-order valence-corrected chi connectivity index (χ2v) is 6.00. The highest BCUT2D eigenvalue weighted by Gasteiger charge is 2.82. The topological polar surface area (TPSA) is 67.8 Å². The normalized spacial score (nSPS) is 42.1. The highest BCUT2D eigenvalue weighted by molar-refractivity contribution is 7.62. The Hall–Kier alpha value is -0.480. The van der Waals surface area contributed by atoms with Crippen LogP contribution in [-0.4, -0.2) is 31.4 Å². The third-order valence-corrected chi connectivity index (χ3v) is 5.59. The maximum Gasteiger partial charge on any atom is 0.355 e. The van der Waals surface area contributed by atoms with Crippen molar-refractivity contribution in [2.24, 2.45) is 5.92 Å². The molecule has 0 aromatic heterocycles. The molecule has 0 aromatic carbocycles. The van der Waals surface area contributed by atoms with E-state index in [9.17, 15) is 9.69 Å². The van der Waals surface area contributed by atoms with Crippen molar-refractivity contribution in [1.29, 1.82) is 0 Å². The van der Waals surface area contributed by atoms with Gasteiger partial charge in [-0.25, -0.2) is 13.8 Å². The maximum absolute atomic E-state index is 12.3. The SMILES string of the molecule is C=CCO[P+]1([O-])OC[C@H]2C[C@]21C(=O)OC. The van der Waals surface area contributed by atoms with Gasteiger partial charge in [-0.3, -0.25) is 0 Å². The summed E-state index contributed by atoms with van der Waals surface area (Å²) in [7, 11) is -2.07. The summed E-state index contributed by atoms with van der Waals surface area (Å²) in [5.74, 6) is -0.502. The summed E-state index contributed by atoms with van der Waals surface area (Å²) >= 11 is 0. The van der Waals surface area contributed by atoms with Crippen LogP contribution in [0.1, 0.15) is 6.42 Å². The van der Waals surface area contributed by atoms with E-state index in [1.165, 1.54) is 13.2 Å². The maximum atomic E-state index is 12.3. The van der Waals surface area contributed by atoms with Crippen molar-refractivity contribution >= 4 is 13.9 Å². The van der Waals surface area contributed by atoms with Gasteiger partial charge in [0.2, 0.25) is 5.16 Å². The van der Waals surface area contributed by atoms with Crippen LogP contribution in [-0.2, 0) is 18.6 Å². The molecular formula is C9H13O5P. The predicted molar refractivity (Wildman–Crippen MR) is 51.9 cm³/mol. The highest BCUT2D eigenvalue weighted by atomic mass is 31.2. The van der Waals surface area contributed by atoms with Gasteiger partial charge < -0.3 is 9.63 Å².